The fourth-order valence-corrected chi connectivity index (χ4v) is 6.11. The van der Waals surface area contributed by atoms with E-state index >= 15 is 0 Å². The van der Waals surface area contributed by atoms with Gasteiger partial charge in [0.2, 0.25) is 5.91 Å². The molecule has 2 atom stereocenters. The topological polar surface area (TPSA) is 75.3 Å². The predicted octanol–water partition coefficient (Wildman–Crippen LogP) is 7.51. The van der Waals surface area contributed by atoms with E-state index in [-0.39, 0.29) is 30.3 Å². The second-order valence-corrected chi connectivity index (χ2v) is 11.8. The number of ether oxygens (including phenoxy) is 1. The Balaban J connectivity index is 1.40. The zero-order valence-electron chi connectivity index (χ0n) is 23.1. The molecule has 5 rings (SSSR count). The first kappa shape index (κ1) is 28.1. The number of aromatic nitrogens is 2. The molecule has 1 N–H and O–H groups in total. The maximum atomic E-state index is 13.5. The fourth-order valence-electron chi connectivity index (χ4n) is 5.46. The maximum absolute atomic E-state index is 13.5. The number of methoxy groups -OCH3 is 1. The average Bonchev–Trinajstić information content (AvgIpc) is 3.66. The molecule has 4 aromatic rings. The van der Waals surface area contributed by atoms with E-state index in [1.165, 1.54) is 21.8 Å². The minimum atomic E-state index is -0.409. The average molecular weight is 648 g/mol. The molecule has 1 aliphatic heterocycles. The number of H-pyrrole nitrogens is 1. The van der Waals surface area contributed by atoms with Crippen LogP contribution >= 0.6 is 22.6 Å². The summed E-state index contributed by atoms with van der Waals surface area (Å²) in [7, 11) is 1.36. The molecule has 1 saturated heterocycles. The third-order valence-electron chi connectivity index (χ3n) is 7.74. The summed E-state index contributed by atoms with van der Waals surface area (Å²) in [6, 6.07) is 25.3. The van der Waals surface area contributed by atoms with Crippen LogP contribution in [-0.2, 0) is 14.3 Å². The van der Waals surface area contributed by atoms with Crippen LogP contribution in [0.15, 0.2) is 79.0 Å². The highest BCUT2D eigenvalue weighted by molar-refractivity contribution is 14.1. The van der Waals surface area contributed by atoms with Gasteiger partial charge in [0.05, 0.1) is 37.4 Å². The highest BCUT2D eigenvalue weighted by atomic mass is 127. The number of nitrogens with one attached hydrogen (secondary N) is 1. The van der Waals surface area contributed by atoms with Crippen molar-refractivity contribution in [1.29, 1.82) is 0 Å². The molecule has 2 heterocycles. The second-order valence-electron chi connectivity index (χ2n) is 10.6. The van der Waals surface area contributed by atoms with Crippen molar-refractivity contribution in [2.75, 3.05) is 13.7 Å². The number of esters is 1. The van der Waals surface area contributed by atoms with Crippen LogP contribution in [0.2, 0.25) is 0 Å². The first-order valence-electron chi connectivity index (χ1n) is 13.7. The molecule has 0 saturated carbocycles. The lowest BCUT2D eigenvalue weighted by atomic mass is 9.91. The van der Waals surface area contributed by atoms with Gasteiger partial charge in [-0.2, -0.15) is 0 Å². The number of hydrogen-bond acceptors (Lipinski definition) is 4. The van der Waals surface area contributed by atoms with Crippen molar-refractivity contribution in [1.82, 2.24) is 14.9 Å². The van der Waals surface area contributed by atoms with E-state index in [9.17, 15) is 9.59 Å². The highest BCUT2D eigenvalue weighted by Crippen LogP contribution is 2.36. The highest BCUT2D eigenvalue weighted by Gasteiger charge is 2.37. The van der Waals surface area contributed by atoms with Crippen LogP contribution in [0.5, 0.6) is 0 Å². The smallest absolute Gasteiger partial charge is 0.306 e. The Morgan fingerprint density at radius 1 is 1.00 bits per heavy atom. The molecule has 0 spiro atoms. The van der Waals surface area contributed by atoms with Gasteiger partial charge in [-0.3, -0.25) is 9.59 Å². The van der Waals surface area contributed by atoms with Gasteiger partial charge in [0.25, 0.3) is 0 Å². The van der Waals surface area contributed by atoms with Gasteiger partial charge in [0.15, 0.2) is 0 Å². The Labute approximate surface area is 249 Å². The van der Waals surface area contributed by atoms with Gasteiger partial charge < -0.3 is 14.6 Å². The SMILES string of the molecule is COC(=O)C[C@H](C(=O)N1CCC[C@H]1c1ncc(-c2ccc(I)c(-c3cccc(-c4ccccc4)c3)c2)[nH]1)C(C)C. The van der Waals surface area contributed by atoms with Crippen LogP contribution in [0.25, 0.3) is 33.5 Å². The zero-order valence-corrected chi connectivity index (χ0v) is 25.2. The first-order valence-corrected chi connectivity index (χ1v) is 14.8. The van der Waals surface area contributed by atoms with Gasteiger partial charge >= 0.3 is 5.97 Å². The molecule has 0 bridgehead atoms. The van der Waals surface area contributed by atoms with Gasteiger partial charge in [0.1, 0.15) is 5.82 Å². The summed E-state index contributed by atoms with van der Waals surface area (Å²) in [5, 5.41) is 0. The van der Waals surface area contributed by atoms with Gasteiger partial charge in [-0.15, -0.1) is 0 Å². The van der Waals surface area contributed by atoms with Crippen molar-refractivity contribution in [3.8, 4) is 33.5 Å². The minimum absolute atomic E-state index is 0.00398. The van der Waals surface area contributed by atoms with E-state index in [2.05, 4.69) is 94.3 Å². The van der Waals surface area contributed by atoms with Crippen LogP contribution in [0, 0.1) is 15.4 Å². The number of imidazole rings is 1. The first-order chi connectivity index (χ1) is 19.4. The Kier molecular flexibility index (Phi) is 8.69. The van der Waals surface area contributed by atoms with Crippen molar-refractivity contribution in [2.24, 2.45) is 11.8 Å². The summed E-state index contributed by atoms with van der Waals surface area (Å²) in [5.74, 6) is 0.0497. The standard InChI is InChI=1S/C33H34IN3O3/c1-21(2)26(19-31(38)40-3)33(39)37-16-8-13-30(37)32-35-20-29(36-32)25-14-15-28(34)27(18-25)24-12-7-11-23(17-24)22-9-5-4-6-10-22/h4-7,9-12,14-15,17-18,20-21,26,30H,8,13,16,19H2,1-3H3,(H,35,36)/t26-,30-/m0/s1. The monoisotopic (exact) mass is 647 g/mol. The molecule has 1 amide bonds. The van der Waals surface area contributed by atoms with Crippen molar-refractivity contribution in [2.45, 2.75) is 39.2 Å². The summed E-state index contributed by atoms with van der Waals surface area (Å²) in [4.78, 5) is 35.7. The molecule has 0 unspecified atom stereocenters. The molecular formula is C33H34IN3O3. The van der Waals surface area contributed by atoms with E-state index in [1.54, 1.807) is 0 Å². The van der Waals surface area contributed by atoms with Gasteiger partial charge in [-0.05, 0) is 81.8 Å². The van der Waals surface area contributed by atoms with Crippen LogP contribution in [0.1, 0.15) is 45.0 Å². The Hall–Kier alpha value is -3.46. The van der Waals surface area contributed by atoms with E-state index in [4.69, 9.17) is 9.72 Å². The van der Waals surface area contributed by atoms with Gasteiger partial charge in [-0.1, -0.05) is 68.4 Å². The summed E-state index contributed by atoms with van der Waals surface area (Å²) in [6.45, 7) is 4.62. The Morgan fingerprint density at radius 3 is 2.50 bits per heavy atom. The number of hydrogen-bond donors (Lipinski definition) is 1. The summed E-state index contributed by atoms with van der Waals surface area (Å²) in [5.41, 5.74) is 6.65. The lowest BCUT2D eigenvalue weighted by Crippen LogP contribution is -2.39. The number of rotatable bonds is 8. The van der Waals surface area contributed by atoms with Crippen molar-refractivity contribution < 1.29 is 14.3 Å². The lowest BCUT2D eigenvalue weighted by Gasteiger charge is -2.29. The zero-order chi connectivity index (χ0) is 28.2. The number of benzene rings is 3. The number of amides is 1. The second kappa shape index (κ2) is 12.4. The van der Waals surface area contributed by atoms with Crippen LogP contribution < -0.4 is 0 Å². The predicted molar refractivity (Wildman–Crippen MR) is 166 cm³/mol. The number of carbonyl (C=O) groups is 2. The Morgan fingerprint density at radius 2 is 1.75 bits per heavy atom. The molecule has 40 heavy (non-hydrogen) atoms. The molecule has 1 aliphatic rings. The molecule has 6 nitrogen and oxygen atoms in total. The molecule has 7 heteroatoms. The van der Waals surface area contributed by atoms with Crippen LogP contribution in [0.3, 0.4) is 0 Å². The minimum Gasteiger partial charge on any atom is -0.469 e. The van der Waals surface area contributed by atoms with E-state index in [1.807, 2.05) is 31.0 Å². The number of halogens is 1. The lowest BCUT2D eigenvalue weighted by molar-refractivity contribution is -0.148. The third kappa shape index (κ3) is 5.99. The molecular weight excluding hydrogens is 613 g/mol. The third-order valence-corrected chi connectivity index (χ3v) is 8.68. The number of carbonyl (C=O) groups excluding carboxylic acids is 2. The van der Waals surface area contributed by atoms with Crippen molar-refractivity contribution in [3.63, 3.8) is 0 Å². The largest absolute Gasteiger partial charge is 0.469 e. The quantitative estimate of drug-likeness (QED) is 0.159. The maximum Gasteiger partial charge on any atom is 0.306 e. The van der Waals surface area contributed by atoms with E-state index in [0.717, 1.165) is 41.1 Å². The molecule has 0 radical (unpaired) electrons. The Bertz CT molecular complexity index is 1500. The molecule has 3 aromatic carbocycles. The molecule has 1 aromatic heterocycles. The van der Waals surface area contributed by atoms with Gasteiger partial charge in [0, 0.05) is 15.7 Å². The molecule has 206 valence electrons. The van der Waals surface area contributed by atoms with Gasteiger partial charge in [-0.25, -0.2) is 4.98 Å². The van der Waals surface area contributed by atoms with Crippen molar-refractivity contribution in [3.05, 3.63) is 88.4 Å². The van der Waals surface area contributed by atoms with E-state index in [0.29, 0.717) is 6.54 Å². The summed E-state index contributed by atoms with van der Waals surface area (Å²) >= 11 is 2.39. The molecule has 0 aliphatic carbocycles. The molecule has 1 fully saturated rings. The number of nitrogens with zero attached hydrogens (tertiary/aromatic N) is 2. The van der Waals surface area contributed by atoms with Crippen LogP contribution in [0.4, 0.5) is 0 Å². The summed E-state index contributed by atoms with van der Waals surface area (Å²) < 4.78 is 6.03. The number of aromatic amines is 1. The van der Waals surface area contributed by atoms with Crippen molar-refractivity contribution >= 4 is 34.5 Å². The van der Waals surface area contributed by atoms with E-state index < -0.39 is 5.92 Å². The fraction of sp³-hybridized carbons (Fsp3) is 0.303. The number of likely N-dealkylation sites (tertiary alicyclic amines) is 1. The van der Waals surface area contributed by atoms with Crippen LogP contribution in [-0.4, -0.2) is 40.4 Å². The summed E-state index contributed by atoms with van der Waals surface area (Å²) in [6.07, 6.45) is 3.69. The normalized spacial score (nSPS) is 15.8.